The van der Waals surface area contributed by atoms with E-state index in [4.69, 9.17) is 4.74 Å². The monoisotopic (exact) mass is 325 g/mol. The molecule has 0 aliphatic rings. The summed E-state index contributed by atoms with van der Waals surface area (Å²) in [5, 5.41) is 0. The van der Waals surface area contributed by atoms with Gasteiger partial charge in [0.1, 0.15) is 5.60 Å². The summed E-state index contributed by atoms with van der Waals surface area (Å²) in [6.45, 7) is 7.68. The molecule has 0 atom stereocenters. The van der Waals surface area contributed by atoms with Gasteiger partial charge < -0.3 is 4.74 Å². The Bertz CT molecular complexity index is 625. The number of hydrogen-bond donors (Lipinski definition) is 1. The Morgan fingerprint density at radius 3 is 2.32 bits per heavy atom. The molecule has 1 aromatic rings. The highest BCUT2D eigenvalue weighted by Gasteiger charge is 2.14. The Labute approximate surface area is 132 Å². The van der Waals surface area contributed by atoms with Crippen LogP contribution in [0.1, 0.15) is 39.7 Å². The number of carbonyl (C=O) groups excluding carboxylic acids is 1. The lowest BCUT2D eigenvalue weighted by atomic mass is 10.2. The average Bonchev–Trinajstić information content (AvgIpc) is 2.41. The van der Waals surface area contributed by atoms with Crippen LogP contribution in [-0.4, -0.2) is 26.5 Å². The van der Waals surface area contributed by atoms with Crippen LogP contribution in [0, 0.1) is 0 Å². The number of benzene rings is 1. The van der Waals surface area contributed by atoms with Gasteiger partial charge in [0.05, 0.1) is 4.90 Å². The first kappa shape index (κ1) is 18.4. The van der Waals surface area contributed by atoms with Crippen LogP contribution in [0.2, 0.25) is 0 Å². The van der Waals surface area contributed by atoms with E-state index in [-0.39, 0.29) is 4.90 Å². The fraction of sp³-hybridized carbons (Fsp3) is 0.438. The van der Waals surface area contributed by atoms with E-state index in [1.165, 1.54) is 18.2 Å². The minimum atomic E-state index is -3.46. The van der Waals surface area contributed by atoms with Gasteiger partial charge in [-0.25, -0.2) is 17.9 Å². The maximum absolute atomic E-state index is 11.9. The fourth-order valence-electron chi connectivity index (χ4n) is 1.58. The van der Waals surface area contributed by atoms with Gasteiger partial charge in [0.15, 0.2) is 0 Å². The Morgan fingerprint density at radius 1 is 1.23 bits per heavy atom. The summed E-state index contributed by atoms with van der Waals surface area (Å²) in [5.41, 5.74) is 0.185. The van der Waals surface area contributed by atoms with Crippen molar-refractivity contribution in [1.29, 1.82) is 0 Å². The van der Waals surface area contributed by atoms with Crippen LogP contribution in [0.25, 0.3) is 6.08 Å². The Kier molecular flexibility index (Phi) is 6.32. The highest BCUT2D eigenvalue weighted by molar-refractivity contribution is 7.89. The van der Waals surface area contributed by atoms with E-state index < -0.39 is 21.6 Å². The van der Waals surface area contributed by atoms with E-state index in [0.29, 0.717) is 6.54 Å². The molecular weight excluding hydrogens is 302 g/mol. The third kappa shape index (κ3) is 6.41. The highest BCUT2D eigenvalue weighted by Crippen LogP contribution is 2.12. The van der Waals surface area contributed by atoms with Crippen LogP contribution in [0.15, 0.2) is 35.2 Å². The topological polar surface area (TPSA) is 72.5 Å². The Morgan fingerprint density at radius 2 is 1.82 bits per heavy atom. The molecule has 0 saturated heterocycles. The normalized spacial score (nSPS) is 12.5. The van der Waals surface area contributed by atoms with Gasteiger partial charge in [-0.1, -0.05) is 19.1 Å². The smallest absolute Gasteiger partial charge is 0.331 e. The SMILES string of the molecule is CCCNS(=O)(=O)c1ccc(/C=C/C(=O)OC(C)(C)C)cc1. The molecular formula is C16H23NO4S. The number of nitrogens with one attached hydrogen (secondary N) is 1. The van der Waals surface area contributed by atoms with Gasteiger partial charge in [-0.2, -0.15) is 0 Å². The second-order valence-corrected chi connectivity index (χ2v) is 7.60. The van der Waals surface area contributed by atoms with Gasteiger partial charge in [0.2, 0.25) is 10.0 Å². The molecule has 0 fully saturated rings. The van der Waals surface area contributed by atoms with Gasteiger partial charge >= 0.3 is 5.97 Å². The molecule has 0 heterocycles. The predicted octanol–water partition coefficient (Wildman–Crippen LogP) is 2.73. The summed E-state index contributed by atoms with van der Waals surface area (Å²) in [4.78, 5) is 11.8. The number of rotatable bonds is 6. The zero-order chi connectivity index (χ0) is 16.8. The molecule has 1 rings (SSSR count). The molecule has 1 aromatic carbocycles. The highest BCUT2D eigenvalue weighted by atomic mass is 32.2. The molecule has 6 heteroatoms. The van der Waals surface area contributed by atoms with Gasteiger partial charge in [0, 0.05) is 12.6 Å². The molecule has 0 aliphatic carbocycles. The zero-order valence-corrected chi connectivity index (χ0v) is 14.2. The van der Waals surface area contributed by atoms with Gasteiger partial charge in [-0.05, 0) is 51.0 Å². The predicted molar refractivity (Wildman–Crippen MR) is 86.8 cm³/mol. The summed E-state index contributed by atoms with van der Waals surface area (Å²) in [7, 11) is -3.46. The van der Waals surface area contributed by atoms with Crippen LogP contribution in [-0.2, 0) is 19.6 Å². The first-order valence-corrected chi connectivity index (χ1v) is 8.63. The van der Waals surface area contributed by atoms with Crippen molar-refractivity contribution in [3.8, 4) is 0 Å². The largest absolute Gasteiger partial charge is 0.457 e. The lowest BCUT2D eigenvalue weighted by molar-refractivity contribution is -0.148. The van der Waals surface area contributed by atoms with E-state index >= 15 is 0 Å². The van der Waals surface area contributed by atoms with E-state index in [2.05, 4.69) is 4.72 Å². The fourth-order valence-corrected chi connectivity index (χ4v) is 2.71. The molecule has 1 N–H and O–H groups in total. The van der Waals surface area contributed by atoms with E-state index in [9.17, 15) is 13.2 Å². The Hall–Kier alpha value is -1.66. The number of ether oxygens (including phenoxy) is 1. The van der Waals surface area contributed by atoms with Gasteiger partial charge in [-0.15, -0.1) is 0 Å². The molecule has 0 spiro atoms. The van der Waals surface area contributed by atoms with Crippen LogP contribution < -0.4 is 4.72 Å². The summed E-state index contributed by atoms with van der Waals surface area (Å²) < 4.78 is 31.5. The molecule has 0 radical (unpaired) electrons. The van der Waals surface area contributed by atoms with Crippen molar-refractivity contribution in [2.75, 3.05) is 6.54 Å². The first-order valence-electron chi connectivity index (χ1n) is 7.15. The maximum Gasteiger partial charge on any atom is 0.331 e. The average molecular weight is 325 g/mol. The number of hydrogen-bond acceptors (Lipinski definition) is 4. The van der Waals surface area contributed by atoms with Crippen molar-refractivity contribution in [2.24, 2.45) is 0 Å². The molecule has 5 nitrogen and oxygen atoms in total. The van der Waals surface area contributed by atoms with Gasteiger partial charge in [0.25, 0.3) is 0 Å². The number of esters is 1. The van der Waals surface area contributed by atoms with E-state index in [1.54, 1.807) is 39.0 Å². The van der Waals surface area contributed by atoms with Crippen LogP contribution in [0.5, 0.6) is 0 Å². The van der Waals surface area contributed by atoms with Crippen molar-refractivity contribution < 1.29 is 17.9 Å². The van der Waals surface area contributed by atoms with Gasteiger partial charge in [-0.3, -0.25) is 0 Å². The maximum atomic E-state index is 11.9. The van der Waals surface area contributed by atoms with Crippen molar-refractivity contribution in [1.82, 2.24) is 4.72 Å². The van der Waals surface area contributed by atoms with Crippen LogP contribution in [0.3, 0.4) is 0 Å². The van der Waals surface area contributed by atoms with Crippen molar-refractivity contribution in [2.45, 2.75) is 44.6 Å². The number of sulfonamides is 1. The summed E-state index contributed by atoms with van der Waals surface area (Å²) >= 11 is 0. The molecule has 0 bridgehead atoms. The second kappa shape index (κ2) is 7.56. The molecule has 0 aliphatic heterocycles. The first-order chi connectivity index (χ1) is 10.1. The molecule has 0 unspecified atom stereocenters. The zero-order valence-electron chi connectivity index (χ0n) is 13.4. The lowest BCUT2D eigenvalue weighted by Gasteiger charge is -2.17. The van der Waals surface area contributed by atoms with E-state index in [1.807, 2.05) is 6.92 Å². The lowest BCUT2D eigenvalue weighted by Crippen LogP contribution is -2.24. The molecule has 22 heavy (non-hydrogen) atoms. The third-order valence-corrected chi connectivity index (χ3v) is 4.03. The molecule has 122 valence electrons. The van der Waals surface area contributed by atoms with Crippen molar-refractivity contribution in [3.05, 3.63) is 35.9 Å². The molecule has 0 saturated carbocycles. The standard InChI is InChI=1S/C16H23NO4S/c1-5-12-17-22(19,20)14-9-6-13(7-10-14)8-11-15(18)21-16(2,3)4/h6-11,17H,5,12H2,1-4H3/b11-8+. The third-order valence-electron chi connectivity index (χ3n) is 2.55. The Balaban J connectivity index is 2.75. The van der Waals surface area contributed by atoms with Crippen molar-refractivity contribution >= 4 is 22.1 Å². The minimum absolute atomic E-state index is 0.204. The summed E-state index contributed by atoms with van der Waals surface area (Å²) in [5.74, 6) is -0.436. The van der Waals surface area contributed by atoms with Crippen LogP contribution >= 0.6 is 0 Å². The molecule has 0 amide bonds. The molecule has 0 aromatic heterocycles. The second-order valence-electron chi connectivity index (χ2n) is 5.83. The van der Waals surface area contributed by atoms with Crippen LogP contribution in [0.4, 0.5) is 0 Å². The van der Waals surface area contributed by atoms with Crippen molar-refractivity contribution in [3.63, 3.8) is 0 Å². The minimum Gasteiger partial charge on any atom is -0.457 e. The quantitative estimate of drug-likeness (QED) is 0.645. The number of carbonyl (C=O) groups is 1. The summed E-state index contributed by atoms with van der Waals surface area (Å²) in [6.07, 6.45) is 3.64. The summed E-state index contributed by atoms with van der Waals surface area (Å²) in [6, 6.07) is 6.29. The van der Waals surface area contributed by atoms with E-state index in [0.717, 1.165) is 12.0 Å².